The first-order chi connectivity index (χ1) is 17.0. The van der Waals surface area contributed by atoms with Crippen LogP contribution in [0.25, 0.3) is 22.3 Å². The molecule has 36 heavy (non-hydrogen) atoms. The number of hydrogen-bond donors (Lipinski definition) is 1. The van der Waals surface area contributed by atoms with Crippen LogP contribution in [0.2, 0.25) is 0 Å². The third-order valence-electron chi connectivity index (χ3n) is 5.35. The summed E-state index contributed by atoms with van der Waals surface area (Å²) < 4.78 is 53.8. The Labute approximate surface area is 206 Å². The zero-order valence-corrected chi connectivity index (χ0v) is 21.1. The Bertz CT molecular complexity index is 1530. The summed E-state index contributed by atoms with van der Waals surface area (Å²) >= 11 is 0. The second-order valence-electron chi connectivity index (χ2n) is 8.36. The Hall–Kier alpha value is -4.00. The average molecular weight is 517 g/mol. The third-order valence-corrected chi connectivity index (χ3v) is 6.48. The van der Waals surface area contributed by atoms with Crippen molar-refractivity contribution in [3.05, 3.63) is 53.6 Å². The molecule has 190 valence electrons. The molecular weight excluding hydrogens is 491 g/mol. The highest BCUT2D eigenvalue weighted by Gasteiger charge is 2.29. The molecular formula is C23H25FN6O5S. The number of amides is 1. The Morgan fingerprint density at radius 2 is 1.94 bits per heavy atom. The van der Waals surface area contributed by atoms with Gasteiger partial charge in [0.25, 0.3) is 5.91 Å². The summed E-state index contributed by atoms with van der Waals surface area (Å²) in [6.45, 7) is 3.42. The molecule has 2 aromatic heterocycles. The number of carbonyl (C=O) groups excluding carboxylic acids is 1. The quantitative estimate of drug-likeness (QED) is 0.378. The number of nitrogens with one attached hydrogen (secondary N) is 1. The largest absolute Gasteiger partial charge is 0.489 e. The second-order valence-corrected chi connectivity index (χ2v) is 10.3. The summed E-state index contributed by atoms with van der Waals surface area (Å²) in [7, 11) is -0.756. The summed E-state index contributed by atoms with van der Waals surface area (Å²) in [4.78, 5) is 12.9. The Morgan fingerprint density at radius 3 is 2.50 bits per heavy atom. The van der Waals surface area contributed by atoms with E-state index in [4.69, 9.17) is 9.15 Å². The predicted octanol–water partition coefficient (Wildman–Crippen LogP) is 2.88. The molecule has 0 spiro atoms. The van der Waals surface area contributed by atoms with Gasteiger partial charge in [0.05, 0.1) is 30.2 Å². The molecule has 0 unspecified atom stereocenters. The van der Waals surface area contributed by atoms with E-state index in [0.29, 0.717) is 16.8 Å². The lowest BCUT2D eigenvalue weighted by atomic mass is 10.0. The molecule has 1 N–H and O–H groups in total. The number of carbonyl (C=O) groups is 1. The van der Waals surface area contributed by atoms with Gasteiger partial charge in [-0.15, -0.1) is 5.10 Å². The molecule has 0 atom stereocenters. The first-order valence-corrected chi connectivity index (χ1v) is 12.8. The first-order valence-electron chi connectivity index (χ1n) is 10.9. The molecule has 4 rings (SSSR count). The summed E-state index contributed by atoms with van der Waals surface area (Å²) in [5.41, 5.74) is 1.11. The standard InChI is InChI=1S/C23H25FN6O5S/c1-13(2)34-19-10-16-18(11-17(19)30(36(5,32)33)12-20-26-27-28-29(20)4)35-22(21(16)23(31)25-3)14-6-8-15(24)9-7-14/h6-11,13H,12H2,1-5H3,(H,25,31). The molecule has 0 aliphatic rings. The van der Waals surface area contributed by atoms with Crippen molar-refractivity contribution >= 4 is 32.6 Å². The van der Waals surface area contributed by atoms with Crippen LogP contribution in [0.4, 0.5) is 10.1 Å². The van der Waals surface area contributed by atoms with E-state index < -0.39 is 21.7 Å². The molecule has 0 radical (unpaired) electrons. The lowest BCUT2D eigenvalue weighted by Gasteiger charge is -2.25. The van der Waals surface area contributed by atoms with Crippen molar-refractivity contribution in [2.75, 3.05) is 17.6 Å². The van der Waals surface area contributed by atoms with Crippen molar-refractivity contribution in [1.29, 1.82) is 0 Å². The Kier molecular flexibility index (Phi) is 6.67. The van der Waals surface area contributed by atoms with Crippen LogP contribution < -0.4 is 14.4 Å². The molecule has 0 aliphatic carbocycles. The monoisotopic (exact) mass is 516 g/mol. The molecule has 4 aromatic rings. The molecule has 11 nitrogen and oxygen atoms in total. The Morgan fingerprint density at radius 1 is 1.25 bits per heavy atom. The number of tetrazole rings is 1. The maximum absolute atomic E-state index is 13.5. The van der Waals surface area contributed by atoms with Gasteiger partial charge in [-0.25, -0.2) is 17.5 Å². The van der Waals surface area contributed by atoms with E-state index in [0.717, 1.165) is 10.6 Å². The number of anilines is 1. The van der Waals surface area contributed by atoms with E-state index in [1.54, 1.807) is 27.0 Å². The van der Waals surface area contributed by atoms with Gasteiger partial charge in [0.2, 0.25) is 10.0 Å². The van der Waals surface area contributed by atoms with Gasteiger partial charge in [-0.1, -0.05) is 0 Å². The third kappa shape index (κ3) is 4.87. The fourth-order valence-corrected chi connectivity index (χ4v) is 4.55. The van der Waals surface area contributed by atoms with Crippen molar-refractivity contribution in [3.63, 3.8) is 0 Å². The van der Waals surface area contributed by atoms with Gasteiger partial charge in [0.1, 0.15) is 22.9 Å². The van der Waals surface area contributed by atoms with Gasteiger partial charge in [-0.2, -0.15) is 0 Å². The zero-order chi connectivity index (χ0) is 26.2. The number of rotatable bonds is 8. The molecule has 2 heterocycles. The SMILES string of the molecule is CNC(=O)c1c(-c2ccc(F)cc2)oc2cc(N(Cc3nnnn3C)S(C)(=O)=O)c(OC(C)C)cc12. The summed E-state index contributed by atoms with van der Waals surface area (Å²) in [6.07, 6.45) is 0.744. The number of aryl methyl sites for hydroxylation is 1. The van der Waals surface area contributed by atoms with Crippen LogP contribution in [-0.4, -0.2) is 53.9 Å². The number of ether oxygens (including phenoxy) is 1. The topological polar surface area (TPSA) is 132 Å². The maximum atomic E-state index is 13.5. The lowest BCUT2D eigenvalue weighted by molar-refractivity contribution is 0.0964. The van der Waals surface area contributed by atoms with Crippen molar-refractivity contribution < 1.29 is 26.8 Å². The van der Waals surface area contributed by atoms with E-state index in [-0.39, 0.29) is 41.0 Å². The highest BCUT2D eigenvalue weighted by Crippen LogP contribution is 2.41. The Balaban J connectivity index is 1.99. The molecule has 0 fully saturated rings. The highest BCUT2D eigenvalue weighted by molar-refractivity contribution is 7.92. The van der Waals surface area contributed by atoms with Crippen LogP contribution >= 0.6 is 0 Å². The van der Waals surface area contributed by atoms with E-state index in [1.165, 1.54) is 42.1 Å². The molecule has 0 bridgehead atoms. The minimum absolute atomic E-state index is 0.171. The molecule has 0 saturated heterocycles. The van der Waals surface area contributed by atoms with E-state index in [2.05, 4.69) is 20.8 Å². The lowest BCUT2D eigenvalue weighted by Crippen LogP contribution is -2.31. The van der Waals surface area contributed by atoms with E-state index in [1.807, 2.05) is 0 Å². The number of benzene rings is 2. The van der Waals surface area contributed by atoms with Gasteiger partial charge in [0.15, 0.2) is 5.82 Å². The van der Waals surface area contributed by atoms with Crippen LogP contribution in [0.1, 0.15) is 30.0 Å². The number of aromatic nitrogens is 4. The highest BCUT2D eigenvalue weighted by atomic mass is 32.2. The van der Waals surface area contributed by atoms with Crippen molar-refractivity contribution in [2.24, 2.45) is 7.05 Å². The van der Waals surface area contributed by atoms with Crippen LogP contribution in [0, 0.1) is 5.82 Å². The summed E-state index contributed by atoms with van der Waals surface area (Å²) in [6, 6.07) is 8.58. The van der Waals surface area contributed by atoms with Gasteiger partial charge in [-0.3, -0.25) is 9.10 Å². The van der Waals surface area contributed by atoms with Crippen LogP contribution in [0.15, 0.2) is 40.8 Å². The molecule has 2 aromatic carbocycles. The van der Waals surface area contributed by atoms with Crippen molar-refractivity contribution in [3.8, 4) is 17.1 Å². The predicted molar refractivity (Wildman–Crippen MR) is 131 cm³/mol. The van der Waals surface area contributed by atoms with Crippen molar-refractivity contribution in [1.82, 2.24) is 25.5 Å². The normalized spacial score (nSPS) is 11.8. The van der Waals surface area contributed by atoms with Gasteiger partial charge in [-0.05, 0) is 54.6 Å². The number of furan rings is 1. The van der Waals surface area contributed by atoms with Crippen LogP contribution in [0.3, 0.4) is 0 Å². The number of sulfonamides is 1. The fourth-order valence-electron chi connectivity index (χ4n) is 3.70. The summed E-state index contributed by atoms with van der Waals surface area (Å²) in [5, 5.41) is 14.2. The number of hydrogen-bond acceptors (Lipinski definition) is 8. The average Bonchev–Trinajstić information content (AvgIpc) is 3.38. The van der Waals surface area contributed by atoms with Gasteiger partial charge in [0, 0.05) is 31.1 Å². The van der Waals surface area contributed by atoms with Crippen LogP contribution in [0.5, 0.6) is 5.75 Å². The number of nitrogens with zero attached hydrogens (tertiary/aromatic N) is 5. The summed E-state index contributed by atoms with van der Waals surface area (Å²) in [5.74, 6) is -0.140. The minimum atomic E-state index is -3.84. The fraction of sp³-hybridized carbons (Fsp3) is 0.304. The number of fused-ring (bicyclic) bond motifs is 1. The maximum Gasteiger partial charge on any atom is 0.255 e. The van der Waals surface area contributed by atoms with Gasteiger partial charge >= 0.3 is 0 Å². The van der Waals surface area contributed by atoms with Crippen LogP contribution in [-0.2, 0) is 23.6 Å². The molecule has 0 saturated carbocycles. The zero-order valence-electron chi connectivity index (χ0n) is 20.3. The molecule has 0 aliphatic heterocycles. The minimum Gasteiger partial charge on any atom is -0.489 e. The first kappa shape index (κ1) is 25.1. The van der Waals surface area contributed by atoms with E-state index >= 15 is 0 Å². The second kappa shape index (κ2) is 9.57. The van der Waals surface area contributed by atoms with Gasteiger partial charge < -0.3 is 14.5 Å². The smallest absolute Gasteiger partial charge is 0.255 e. The molecule has 13 heteroatoms. The van der Waals surface area contributed by atoms with Crippen molar-refractivity contribution in [2.45, 2.75) is 26.5 Å². The molecule has 1 amide bonds. The van der Waals surface area contributed by atoms with E-state index in [9.17, 15) is 17.6 Å². The number of halogens is 1.